The molecule has 2 rings (SSSR count). The summed E-state index contributed by atoms with van der Waals surface area (Å²) < 4.78 is 2.48. The van der Waals surface area contributed by atoms with Crippen LogP contribution in [0, 0.1) is 11.8 Å². The molecule has 4 nitrogen and oxygen atoms in total. The zero-order valence-corrected chi connectivity index (χ0v) is 15.8. The number of hydrogen-bond donors (Lipinski definition) is 2. The molecular weight excluding hydrogens is 470 g/mol. The van der Waals surface area contributed by atoms with Gasteiger partial charge in [0.2, 0.25) is 5.91 Å². The van der Waals surface area contributed by atoms with Gasteiger partial charge in [0, 0.05) is 19.3 Å². The second kappa shape index (κ2) is 7.24. The lowest BCUT2D eigenvalue weighted by Crippen LogP contribution is -2.29. The van der Waals surface area contributed by atoms with Gasteiger partial charge in [-0.1, -0.05) is 15.9 Å². The fourth-order valence-corrected chi connectivity index (χ4v) is 4.95. The average molecular weight is 484 g/mol. The molecule has 21 heavy (non-hydrogen) atoms. The van der Waals surface area contributed by atoms with Crippen LogP contribution in [0.4, 0.5) is 5.69 Å². The van der Waals surface area contributed by atoms with Crippen molar-refractivity contribution >= 4 is 65.4 Å². The Morgan fingerprint density at radius 2 is 1.48 bits per heavy atom. The molecule has 1 amide bonds. The summed E-state index contributed by atoms with van der Waals surface area (Å²) in [6.07, 6.45) is 2.37. The lowest BCUT2D eigenvalue weighted by atomic mass is 9.81. The molecule has 1 aromatic rings. The summed E-state index contributed by atoms with van der Waals surface area (Å²) in [6.45, 7) is 0. The van der Waals surface area contributed by atoms with E-state index in [1.807, 2.05) is 12.1 Å². The molecule has 114 valence electrons. The Morgan fingerprint density at radius 1 is 1.00 bits per heavy atom. The van der Waals surface area contributed by atoms with Gasteiger partial charge in [0.25, 0.3) is 0 Å². The van der Waals surface area contributed by atoms with E-state index >= 15 is 0 Å². The van der Waals surface area contributed by atoms with E-state index in [0.29, 0.717) is 31.4 Å². The van der Waals surface area contributed by atoms with E-state index in [-0.39, 0.29) is 17.7 Å². The van der Waals surface area contributed by atoms with Crippen molar-refractivity contribution < 1.29 is 14.7 Å². The monoisotopic (exact) mass is 481 g/mol. The largest absolute Gasteiger partial charge is 0.481 e. The van der Waals surface area contributed by atoms with Gasteiger partial charge in [-0.3, -0.25) is 9.59 Å². The molecule has 0 aliphatic heterocycles. The average Bonchev–Trinajstić information content (AvgIpc) is 2.42. The van der Waals surface area contributed by atoms with Crippen molar-refractivity contribution in [3.63, 3.8) is 0 Å². The molecule has 0 spiro atoms. The standard InChI is InChI=1S/C14H14Br3NO3/c15-9-5-10(16)12(11(17)6-9)18-13(19)7-1-3-8(4-2-7)14(20)21/h5-8H,1-4H2,(H,18,19)(H,20,21). The van der Waals surface area contributed by atoms with Crippen molar-refractivity contribution in [1.29, 1.82) is 0 Å². The third kappa shape index (κ3) is 4.29. The van der Waals surface area contributed by atoms with Crippen molar-refractivity contribution in [2.45, 2.75) is 25.7 Å². The fourth-order valence-electron chi connectivity index (χ4n) is 2.49. The minimum atomic E-state index is -0.757. The van der Waals surface area contributed by atoms with Gasteiger partial charge in [-0.25, -0.2) is 0 Å². The first-order valence-corrected chi connectivity index (χ1v) is 8.94. The van der Waals surface area contributed by atoms with E-state index in [1.165, 1.54) is 0 Å². The van der Waals surface area contributed by atoms with Gasteiger partial charge in [-0.05, 0) is 69.7 Å². The Balaban J connectivity index is 2.01. The highest BCUT2D eigenvalue weighted by molar-refractivity contribution is 9.11. The number of amides is 1. The molecule has 1 aliphatic carbocycles. The summed E-state index contributed by atoms with van der Waals surface area (Å²) in [5.41, 5.74) is 0.698. The number of anilines is 1. The lowest BCUT2D eigenvalue weighted by Gasteiger charge is -2.25. The maximum absolute atomic E-state index is 12.3. The van der Waals surface area contributed by atoms with Crippen molar-refractivity contribution in [2.24, 2.45) is 11.8 Å². The molecule has 0 atom stereocenters. The Kier molecular flexibility index (Phi) is 5.85. The first-order chi connectivity index (χ1) is 9.88. The number of benzene rings is 1. The molecular formula is C14H14Br3NO3. The molecule has 0 unspecified atom stereocenters. The van der Waals surface area contributed by atoms with E-state index in [2.05, 4.69) is 53.1 Å². The zero-order valence-electron chi connectivity index (χ0n) is 11.0. The van der Waals surface area contributed by atoms with Crippen molar-refractivity contribution in [1.82, 2.24) is 0 Å². The SMILES string of the molecule is O=C(O)C1CCC(C(=O)Nc2c(Br)cc(Br)cc2Br)CC1. The number of carbonyl (C=O) groups is 2. The molecule has 0 aromatic heterocycles. The van der Waals surface area contributed by atoms with Crippen molar-refractivity contribution in [2.75, 3.05) is 5.32 Å². The Labute approximate surface area is 148 Å². The molecule has 1 aliphatic rings. The number of hydrogen-bond acceptors (Lipinski definition) is 2. The molecule has 0 saturated heterocycles. The highest BCUT2D eigenvalue weighted by Crippen LogP contribution is 2.36. The Hall–Kier alpha value is -0.400. The van der Waals surface area contributed by atoms with Crippen LogP contribution < -0.4 is 5.32 Å². The summed E-state index contributed by atoms with van der Waals surface area (Å²) in [4.78, 5) is 23.2. The molecule has 7 heteroatoms. The fraction of sp³-hybridized carbons (Fsp3) is 0.429. The molecule has 1 saturated carbocycles. The van der Waals surface area contributed by atoms with Crippen LogP contribution in [0.3, 0.4) is 0 Å². The van der Waals surface area contributed by atoms with Crippen LogP contribution in [0.15, 0.2) is 25.6 Å². The third-order valence-corrected chi connectivity index (χ3v) is 5.41. The number of nitrogens with one attached hydrogen (secondary N) is 1. The van der Waals surface area contributed by atoms with Crippen LogP contribution in [-0.2, 0) is 9.59 Å². The summed E-state index contributed by atoms with van der Waals surface area (Å²) >= 11 is 10.2. The predicted molar refractivity (Wildman–Crippen MR) is 91.3 cm³/mol. The second-order valence-corrected chi connectivity index (χ2v) is 7.74. The highest BCUT2D eigenvalue weighted by Gasteiger charge is 2.30. The van der Waals surface area contributed by atoms with Crippen LogP contribution in [0.1, 0.15) is 25.7 Å². The molecule has 0 bridgehead atoms. The van der Waals surface area contributed by atoms with Gasteiger partial charge in [-0.15, -0.1) is 0 Å². The predicted octanol–water partition coefficient (Wildman–Crippen LogP) is 4.80. The van der Waals surface area contributed by atoms with Gasteiger partial charge < -0.3 is 10.4 Å². The van der Waals surface area contributed by atoms with Crippen LogP contribution in [0.25, 0.3) is 0 Å². The van der Waals surface area contributed by atoms with Crippen LogP contribution in [0.2, 0.25) is 0 Å². The number of aliphatic carboxylic acids is 1. The lowest BCUT2D eigenvalue weighted by molar-refractivity contribution is -0.143. The van der Waals surface area contributed by atoms with Gasteiger partial charge in [-0.2, -0.15) is 0 Å². The van der Waals surface area contributed by atoms with E-state index < -0.39 is 5.97 Å². The molecule has 0 radical (unpaired) electrons. The van der Waals surface area contributed by atoms with Gasteiger partial charge >= 0.3 is 5.97 Å². The van der Waals surface area contributed by atoms with Gasteiger partial charge in [0.15, 0.2) is 0 Å². The normalized spacial score (nSPS) is 21.9. The maximum atomic E-state index is 12.3. The minimum absolute atomic E-state index is 0.0532. The molecule has 1 aromatic carbocycles. The van der Waals surface area contributed by atoms with Crippen LogP contribution in [0.5, 0.6) is 0 Å². The smallest absolute Gasteiger partial charge is 0.306 e. The van der Waals surface area contributed by atoms with E-state index in [9.17, 15) is 9.59 Å². The van der Waals surface area contributed by atoms with E-state index in [4.69, 9.17) is 5.11 Å². The first kappa shape index (κ1) is 17.0. The minimum Gasteiger partial charge on any atom is -0.481 e. The van der Waals surface area contributed by atoms with Crippen molar-refractivity contribution in [3.8, 4) is 0 Å². The Bertz CT molecular complexity index is 546. The number of carboxylic acid groups (broad SMARTS) is 1. The van der Waals surface area contributed by atoms with Crippen molar-refractivity contribution in [3.05, 3.63) is 25.6 Å². The van der Waals surface area contributed by atoms with E-state index in [0.717, 1.165) is 13.4 Å². The number of carboxylic acids is 1. The molecule has 1 fully saturated rings. The summed E-state index contributed by atoms with van der Waals surface area (Å²) in [6, 6.07) is 3.73. The van der Waals surface area contributed by atoms with Gasteiger partial charge in [0.1, 0.15) is 0 Å². The molecule has 0 heterocycles. The van der Waals surface area contributed by atoms with Crippen LogP contribution in [-0.4, -0.2) is 17.0 Å². The topological polar surface area (TPSA) is 66.4 Å². The highest BCUT2D eigenvalue weighted by atomic mass is 79.9. The van der Waals surface area contributed by atoms with Crippen LogP contribution >= 0.6 is 47.8 Å². The third-order valence-electron chi connectivity index (χ3n) is 3.70. The van der Waals surface area contributed by atoms with Gasteiger partial charge in [0.05, 0.1) is 11.6 Å². The number of carbonyl (C=O) groups excluding carboxylic acids is 1. The Morgan fingerprint density at radius 3 is 1.95 bits per heavy atom. The second-order valence-electron chi connectivity index (χ2n) is 5.12. The summed E-state index contributed by atoms with van der Waals surface area (Å²) in [5.74, 6) is -1.24. The quantitative estimate of drug-likeness (QED) is 0.648. The molecule has 2 N–H and O–H groups in total. The van der Waals surface area contributed by atoms with E-state index in [1.54, 1.807) is 0 Å². The first-order valence-electron chi connectivity index (χ1n) is 6.56. The number of rotatable bonds is 3. The summed E-state index contributed by atoms with van der Waals surface area (Å²) in [5, 5.41) is 11.9. The summed E-state index contributed by atoms with van der Waals surface area (Å²) in [7, 11) is 0. The zero-order chi connectivity index (χ0) is 15.6. The maximum Gasteiger partial charge on any atom is 0.306 e. The number of halogens is 3.